The molecule has 98 valence electrons. The predicted molar refractivity (Wildman–Crippen MR) is 72.9 cm³/mol. The Morgan fingerprint density at radius 3 is 2.94 bits per heavy atom. The van der Waals surface area contributed by atoms with Crippen molar-refractivity contribution in [1.29, 1.82) is 0 Å². The maximum atomic E-state index is 11.1. The van der Waals surface area contributed by atoms with Gasteiger partial charge in [0.05, 0.1) is 9.40 Å². The molecule has 2 unspecified atom stereocenters. The molecule has 0 aliphatic carbocycles. The SMILES string of the molecule is CC1CN(c2c(Br)cncc2[N+](=O)[O-])C(C)CN1. The van der Waals surface area contributed by atoms with Crippen LogP contribution in [-0.4, -0.2) is 35.1 Å². The topological polar surface area (TPSA) is 71.3 Å². The summed E-state index contributed by atoms with van der Waals surface area (Å²) < 4.78 is 0.664. The molecule has 1 fully saturated rings. The van der Waals surface area contributed by atoms with Crippen LogP contribution in [0.2, 0.25) is 0 Å². The van der Waals surface area contributed by atoms with Gasteiger partial charge in [0, 0.05) is 31.4 Å². The summed E-state index contributed by atoms with van der Waals surface area (Å²) in [6, 6.07) is 0.513. The van der Waals surface area contributed by atoms with Crippen LogP contribution in [0.5, 0.6) is 0 Å². The van der Waals surface area contributed by atoms with Gasteiger partial charge in [-0.25, -0.2) is 0 Å². The minimum atomic E-state index is -0.382. The Hall–Kier alpha value is -1.21. The number of aromatic nitrogens is 1. The molecule has 0 saturated carbocycles. The monoisotopic (exact) mass is 314 g/mol. The third kappa shape index (κ3) is 2.46. The van der Waals surface area contributed by atoms with E-state index < -0.39 is 0 Å². The number of anilines is 1. The van der Waals surface area contributed by atoms with Gasteiger partial charge < -0.3 is 10.2 Å². The predicted octanol–water partition coefficient (Wildman–Crippen LogP) is 1.94. The van der Waals surface area contributed by atoms with Crippen LogP contribution < -0.4 is 10.2 Å². The summed E-state index contributed by atoms with van der Waals surface area (Å²) in [5, 5.41) is 14.5. The van der Waals surface area contributed by atoms with Crippen molar-refractivity contribution in [3.8, 4) is 0 Å². The number of nitrogens with zero attached hydrogens (tertiary/aromatic N) is 3. The number of rotatable bonds is 2. The normalized spacial score (nSPS) is 24.1. The van der Waals surface area contributed by atoms with Gasteiger partial charge in [-0.2, -0.15) is 0 Å². The first kappa shape index (κ1) is 13.2. The van der Waals surface area contributed by atoms with E-state index in [9.17, 15) is 10.1 Å². The maximum Gasteiger partial charge on any atom is 0.311 e. The average Bonchev–Trinajstić information content (AvgIpc) is 2.32. The summed E-state index contributed by atoms with van der Waals surface area (Å²) in [4.78, 5) is 16.7. The Morgan fingerprint density at radius 2 is 2.28 bits per heavy atom. The van der Waals surface area contributed by atoms with Gasteiger partial charge >= 0.3 is 5.69 Å². The van der Waals surface area contributed by atoms with Crippen molar-refractivity contribution in [2.24, 2.45) is 0 Å². The number of pyridine rings is 1. The van der Waals surface area contributed by atoms with Crippen molar-refractivity contribution >= 4 is 27.3 Å². The summed E-state index contributed by atoms with van der Waals surface area (Å²) >= 11 is 3.37. The lowest BCUT2D eigenvalue weighted by molar-refractivity contribution is -0.384. The minimum absolute atomic E-state index is 0.0466. The fourth-order valence-electron chi connectivity index (χ4n) is 2.17. The summed E-state index contributed by atoms with van der Waals surface area (Å²) in [7, 11) is 0. The fraction of sp³-hybridized carbons (Fsp3) is 0.545. The molecule has 18 heavy (non-hydrogen) atoms. The molecule has 0 bridgehead atoms. The lowest BCUT2D eigenvalue weighted by Crippen LogP contribution is -2.54. The quantitative estimate of drug-likeness (QED) is 0.667. The van der Waals surface area contributed by atoms with Gasteiger partial charge in [-0.1, -0.05) is 0 Å². The van der Waals surface area contributed by atoms with Gasteiger partial charge in [0.2, 0.25) is 0 Å². The molecule has 1 saturated heterocycles. The average molecular weight is 315 g/mol. The molecule has 1 aliphatic heterocycles. The molecular formula is C11H15BrN4O2. The molecule has 1 aliphatic rings. The lowest BCUT2D eigenvalue weighted by Gasteiger charge is -2.39. The number of halogens is 1. The standard InChI is InChI=1S/C11H15BrN4O2/c1-7-6-15(8(2)3-14-7)11-9(12)4-13-5-10(11)16(17)18/h4-5,7-8,14H,3,6H2,1-2H3. The van der Waals surface area contributed by atoms with Gasteiger partial charge in [0.1, 0.15) is 11.9 Å². The molecule has 0 aromatic carbocycles. The fourth-order valence-corrected chi connectivity index (χ4v) is 2.72. The zero-order chi connectivity index (χ0) is 13.3. The van der Waals surface area contributed by atoms with Gasteiger partial charge in [0.15, 0.2) is 0 Å². The van der Waals surface area contributed by atoms with Crippen LogP contribution >= 0.6 is 15.9 Å². The first-order valence-corrected chi connectivity index (χ1v) is 6.58. The zero-order valence-corrected chi connectivity index (χ0v) is 11.8. The lowest BCUT2D eigenvalue weighted by atomic mass is 10.1. The van der Waals surface area contributed by atoms with Crippen LogP contribution in [0, 0.1) is 10.1 Å². The Bertz CT molecular complexity index is 468. The Labute approximate surface area is 114 Å². The van der Waals surface area contributed by atoms with E-state index in [0.29, 0.717) is 16.2 Å². The van der Waals surface area contributed by atoms with E-state index in [1.807, 2.05) is 0 Å². The van der Waals surface area contributed by atoms with E-state index in [1.165, 1.54) is 6.20 Å². The number of nitro groups is 1. The summed E-state index contributed by atoms with van der Waals surface area (Å²) in [6.07, 6.45) is 2.90. The van der Waals surface area contributed by atoms with E-state index in [1.54, 1.807) is 6.20 Å². The summed E-state index contributed by atoms with van der Waals surface area (Å²) in [6.45, 7) is 5.67. The minimum Gasteiger partial charge on any atom is -0.359 e. The summed E-state index contributed by atoms with van der Waals surface area (Å²) in [5.74, 6) is 0. The summed E-state index contributed by atoms with van der Waals surface area (Å²) in [5.41, 5.74) is 0.668. The van der Waals surface area contributed by atoms with Gasteiger partial charge in [0.25, 0.3) is 0 Å². The Kier molecular flexibility index (Phi) is 3.82. The smallest absolute Gasteiger partial charge is 0.311 e. The molecule has 0 spiro atoms. The zero-order valence-electron chi connectivity index (χ0n) is 10.3. The Balaban J connectivity index is 2.45. The van der Waals surface area contributed by atoms with Crippen molar-refractivity contribution in [1.82, 2.24) is 10.3 Å². The number of nitrogens with one attached hydrogen (secondary N) is 1. The molecule has 2 rings (SSSR count). The van der Waals surface area contributed by atoms with Crippen LogP contribution in [-0.2, 0) is 0 Å². The molecule has 0 amide bonds. The first-order chi connectivity index (χ1) is 8.50. The third-order valence-electron chi connectivity index (χ3n) is 3.10. The number of piperazine rings is 1. The van der Waals surface area contributed by atoms with E-state index in [-0.39, 0.29) is 16.7 Å². The van der Waals surface area contributed by atoms with Crippen molar-refractivity contribution in [3.05, 3.63) is 27.0 Å². The molecule has 1 N–H and O–H groups in total. The second-order valence-corrected chi connectivity index (χ2v) is 5.41. The maximum absolute atomic E-state index is 11.1. The van der Waals surface area contributed by atoms with Crippen LogP contribution in [0.1, 0.15) is 13.8 Å². The molecular weight excluding hydrogens is 300 g/mol. The van der Waals surface area contributed by atoms with Crippen LogP contribution in [0.15, 0.2) is 16.9 Å². The largest absolute Gasteiger partial charge is 0.359 e. The highest BCUT2D eigenvalue weighted by molar-refractivity contribution is 9.10. The van der Waals surface area contributed by atoms with Crippen LogP contribution in [0.4, 0.5) is 11.4 Å². The molecule has 2 heterocycles. The van der Waals surface area contributed by atoms with Crippen molar-refractivity contribution in [2.75, 3.05) is 18.0 Å². The molecule has 6 nitrogen and oxygen atoms in total. The van der Waals surface area contributed by atoms with E-state index in [2.05, 4.69) is 45.0 Å². The van der Waals surface area contributed by atoms with Gasteiger partial charge in [-0.15, -0.1) is 0 Å². The first-order valence-electron chi connectivity index (χ1n) is 5.78. The Morgan fingerprint density at radius 1 is 1.56 bits per heavy atom. The second kappa shape index (κ2) is 5.19. The molecule has 7 heteroatoms. The van der Waals surface area contributed by atoms with Crippen molar-refractivity contribution in [2.45, 2.75) is 25.9 Å². The van der Waals surface area contributed by atoms with Crippen molar-refractivity contribution < 1.29 is 4.92 Å². The molecule has 2 atom stereocenters. The highest BCUT2D eigenvalue weighted by Crippen LogP contribution is 2.36. The van der Waals surface area contributed by atoms with Gasteiger partial charge in [-0.3, -0.25) is 15.1 Å². The molecule has 1 aromatic heterocycles. The molecule has 0 radical (unpaired) electrons. The molecule has 1 aromatic rings. The van der Waals surface area contributed by atoms with Crippen molar-refractivity contribution in [3.63, 3.8) is 0 Å². The highest BCUT2D eigenvalue weighted by atomic mass is 79.9. The van der Waals surface area contributed by atoms with E-state index in [0.717, 1.165) is 13.1 Å². The number of hydrogen-bond acceptors (Lipinski definition) is 5. The van der Waals surface area contributed by atoms with Crippen LogP contribution in [0.3, 0.4) is 0 Å². The van der Waals surface area contributed by atoms with Gasteiger partial charge in [-0.05, 0) is 29.8 Å². The van der Waals surface area contributed by atoms with E-state index >= 15 is 0 Å². The highest BCUT2D eigenvalue weighted by Gasteiger charge is 2.30. The van der Waals surface area contributed by atoms with E-state index in [4.69, 9.17) is 0 Å². The second-order valence-electron chi connectivity index (χ2n) is 4.56. The van der Waals surface area contributed by atoms with Crippen LogP contribution in [0.25, 0.3) is 0 Å². The number of hydrogen-bond donors (Lipinski definition) is 1. The third-order valence-corrected chi connectivity index (χ3v) is 3.68.